The van der Waals surface area contributed by atoms with Gasteiger partial charge in [-0.1, -0.05) is 20.3 Å². The van der Waals surface area contributed by atoms with Gasteiger partial charge in [0, 0.05) is 0 Å². The number of hydrogen-bond acceptors (Lipinski definition) is 2. The van der Waals surface area contributed by atoms with Crippen LogP contribution in [0.2, 0.25) is 0 Å². The third-order valence-electron chi connectivity index (χ3n) is 1.98. The van der Waals surface area contributed by atoms with Crippen LogP contribution in [0.1, 0.15) is 33.1 Å². The molecular formula is C8H17NO2. The van der Waals surface area contributed by atoms with Crippen molar-refractivity contribution in [2.24, 2.45) is 11.7 Å². The molecule has 0 aliphatic heterocycles. The van der Waals surface area contributed by atoms with E-state index < -0.39 is 12.0 Å². The first-order valence-electron chi connectivity index (χ1n) is 4.06. The molecule has 0 spiro atoms. The summed E-state index contributed by atoms with van der Waals surface area (Å²) in [4.78, 5) is 10.3. The van der Waals surface area contributed by atoms with Crippen LogP contribution in [0.25, 0.3) is 0 Å². The number of nitrogens with two attached hydrogens (primary N) is 1. The van der Waals surface area contributed by atoms with E-state index in [1.165, 1.54) is 0 Å². The number of aliphatic carboxylic acids is 1. The van der Waals surface area contributed by atoms with Crippen molar-refractivity contribution in [1.29, 1.82) is 0 Å². The third kappa shape index (κ3) is 4.79. The minimum absolute atomic E-state index is 0.584. The molecule has 0 aromatic carbocycles. The van der Waals surface area contributed by atoms with E-state index in [-0.39, 0.29) is 0 Å². The van der Waals surface area contributed by atoms with Crippen molar-refractivity contribution >= 4 is 5.97 Å². The molecule has 3 nitrogen and oxygen atoms in total. The standard InChI is InChI=1S/C8H17NO2/c1-3-6(2)4-5-7(9)8(10)11/h6-7H,3-5,9H2,1-2H3,(H,10,11)/t6-,7+/m1/s1. The van der Waals surface area contributed by atoms with Crippen LogP contribution >= 0.6 is 0 Å². The van der Waals surface area contributed by atoms with Gasteiger partial charge in [0.2, 0.25) is 0 Å². The molecule has 0 saturated heterocycles. The van der Waals surface area contributed by atoms with Gasteiger partial charge in [-0.3, -0.25) is 4.79 Å². The second-order valence-corrected chi connectivity index (χ2v) is 3.04. The van der Waals surface area contributed by atoms with Crippen LogP contribution < -0.4 is 5.73 Å². The van der Waals surface area contributed by atoms with E-state index in [1.54, 1.807) is 0 Å². The fraction of sp³-hybridized carbons (Fsp3) is 0.875. The summed E-state index contributed by atoms with van der Waals surface area (Å²) in [6.45, 7) is 4.20. The highest BCUT2D eigenvalue weighted by molar-refractivity contribution is 5.72. The van der Waals surface area contributed by atoms with Crippen LogP contribution in [0, 0.1) is 5.92 Å². The summed E-state index contributed by atoms with van der Waals surface area (Å²) in [7, 11) is 0. The highest BCUT2D eigenvalue weighted by Gasteiger charge is 2.11. The molecule has 0 aliphatic carbocycles. The van der Waals surface area contributed by atoms with Crippen LogP contribution in [0.15, 0.2) is 0 Å². The zero-order chi connectivity index (χ0) is 8.85. The molecule has 0 fully saturated rings. The summed E-state index contributed by atoms with van der Waals surface area (Å²) < 4.78 is 0. The van der Waals surface area contributed by atoms with E-state index in [0.717, 1.165) is 12.8 Å². The molecule has 0 radical (unpaired) electrons. The third-order valence-corrected chi connectivity index (χ3v) is 1.98. The summed E-state index contributed by atoms with van der Waals surface area (Å²) in [5.74, 6) is -0.311. The Morgan fingerprint density at radius 2 is 2.09 bits per heavy atom. The summed E-state index contributed by atoms with van der Waals surface area (Å²) in [5.41, 5.74) is 5.32. The van der Waals surface area contributed by atoms with Crippen molar-refractivity contribution in [3.05, 3.63) is 0 Å². The fourth-order valence-electron chi connectivity index (χ4n) is 0.792. The van der Waals surface area contributed by atoms with E-state index in [9.17, 15) is 4.79 Å². The smallest absolute Gasteiger partial charge is 0.320 e. The Morgan fingerprint density at radius 3 is 2.45 bits per heavy atom. The number of hydrogen-bond donors (Lipinski definition) is 2. The zero-order valence-electron chi connectivity index (χ0n) is 7.21. The average molecular weight is 159 g/mol. The number of carboxylic acids is 1. The maximum absolute atomic E-state index is 10.3. The Bertz CT molecular complexity index is 125. The summed E-state index contributed by atoms with van der Waals surface area (Å²) in [5, 5.41) is 8.44. The van der Waals surface area contributed by atoms with E-state index in [1.807, 2.05) is 0 Å². The molecule has 0 aliphatic rings. The molecule has 0 heterocycles. The SMILES string of the molecule is CC[C@@H](C)CC[C@H](N)C(=O)O. The van der Waals surface area contributed by atoms with Crippen LogP contribution in [0.5, 0.6) is 0 Å². The maximum Gasteiger partial charge on any atom is 0.320 e. The van der Waals surface area contributed by atoms with Gasteiger partial charge in [0.15, 0.2) is 0 Å². The van der Waals surface area contributed by atoms with Crippen LogP contribution in [-0.2, 0) is 4.79 Å². The molecule has 0 amide bonds. The van der Waals surface area contributed by atoms with E-state index in [0.29, 0.717) is 12.3 Å². The summed E-state index contributed by atoms with van der Waals surface area (Å²) in [6.07, 6.45) is 2.58. The Kier molecular flexibility index (Phi) is 4.86. The Hall–Kier alpha value is -0.570. The quantitative estimate of drug-likeness (QED) is 0.634. The molecular weight excluding hydrogens is 142 g/mol. The van der Waals surface area contributed by atoms with Gasteiger partial charge in [0.1, 0.15) is 6.04 Å². The molecule has 0 aromatic rings. The molecule has 0 saturated carbocycles. The van der Waals surface area contributed by atoms with Crippen molar-refractivity contribution in [2.75, 3.05) is 0 Å². The van der Waals surface area contributed by atoms with Gasteiger partial charge < -0.3 is 10.8 Å². The van der Waals surface area contributed by atoms with E-state index in [4.69, 9.17) is 10.8 Å². The summed E-state index contributed by atoms with van der Waals surface area (Å²) >= 11 is 0. The lowest BCUT2D eigenvalue weighted by Gasteiger charge is -2.09. The predicted molar refractivity (Wildman–Crippen MR) is 44.3 cm³/mol. The fourth-order valence-corrected chi connectivity index (χ4v) is 0.792. The molecule has 3 N–H and O–H groups in total. The second-order valence-electron chi connectivity index (χ2n) is 3.04. The molecule has 2 atom stereocenters. The van der Waals surface area contributed by atoms with Crippen molar-refractivity contribution < 1.29 is 9.90 Å². The Balaban J connectivity index is 3.45. The van der Waals surface area contributed by atoms with Crippen molar-refractivity contribution in [3.63, 3.8) is 0 Å². The molecule has 66 valence electrons. The topological polar surface area (TPSA) is 63.3 Å². The van der Waals surface area contributed by atoms with Crippen molar-refractivity contribution in [2.45, 2.75) is 39.2 Å². The van der Waals surface area contributed by atoms with Gasteiger partial charge in [0.05, 0.1) is 0 Å². The van der Waals surface area contributed by atoms with E-state index in [2.05, 4.69) is 13.8 Å². The van der Waals surface area contributed by atoms with Crippen molar-refractivity contribution in [3.8, 4) is 0 Å². The Morgan fingerprint density at radius 1 is 1.55 bits per heavy atom. The second kappa shape index (κ2) is 5.13. The van der Waals surface area contributed by atoms with E-state index >= 15 is 0 Å². The van der Waals surface area contributed by atoms with Gasteiger partial charge in [0.25, 0.3) is 0 Å². The molecule has 11 heavy (non-hydrogen) atoms. The van der Waals surface area contributed by atoms with Gasteiger partial charge in [-0.25, -0.2) is 0 Å². The molecule has 0 bridgehead atoms. The van der Waals surface area contributed by atoms with Crippen LogP contribution in [0.3, 0.4) is 0 Å². The lowest BCUT2D eigenvalue weighted by molar-refractivity contribution is -0.138. The minimum atomic E-state index is -0.895. The average Bonchev–Trinajstić information content (AvgIpc) is 1.99. The molecule has 3 heteroatoms. The van der Waals surface area contributed by atoms with Gasteiger partial charge in [-0.2, -0.15) is 0 Å². The minimum Gasteiger partial charge on any atom is -0.480 e. The van der Waals surface area contributed by atoms with Gasteiger partial charge in [-0.15, -0.1) is 0 Å². The molecule has 0 aromatic heterocycles. The normalized spacial score (nSPS) is 15.9. The maximum atomic E-state index is 10.3. The lowest BCUT2D eigenvalue weighted by atomic mass is 10.00. The summed E-state index contributed by atoms with van der Waals surface area (Å²) in [6, 6.07) is -0.677. The van der Waals surface area contributed by atoms with Gasteiger partial charge in [-0.05, 0) is 18.8 Å². The highest BCUT2D eigenvalue weighted by Crippen LogP contribution is 2.10. The highest BCUT2D eigenvalue weighted by atomic mass is 16.4. The van der Waals surface area contributed by atoms with Crippen LogP contribution in [0.4, 0.5) is 0 Å². The first-order valence-corrected chi connectivity index (χ1v) is 4.06. The first-order chi connectivity index (χ1) is 5.07. The largest absolute Gasteiger partial charge is 0.480 e. The number of rotatable bonds is 5. The Labute approximate surface area is 67.6 Å². The zero-order valence-corrected chi connectivity index (χ0v) is 7.21. The molecule has 0 rings (SSSR count). The first kappa shape index (κ1) is 10.4. The lowest BCUT2D eigenvalue weighted by Crippen LogP contribution is -2.30. The van der Waals surface area contributed by atoms with Crippen molar-refractivity contribution in [1.82, 2.24) is 0 Å². The number of carbonyl (C=O) groups is 1. The van der Waals surface area contributed by atoms with Gasteiger partial charge >= 0.3 is 5.97 Å². The monoisotopic (exact) mass is 159 g/mol. The van der Waals surface area contributed by atoms with Crippen LogP contribution in [-0.4, -0.2) is 17.1 Å². The number of carboxylic acid groups (broad SMARTS) is 1. The molecule has 0 unspecified atom stereocenters. The predicted octanol–water partition coefficient (Wildman–Crippen LogP) is 1.22.